The van der Waals surface area contributed by atoms with Crippen molar-refractivity contribution in [1.82, 2.24) is 0 Å². The fraction of sp³-hybridized carbons (Fsp3) is 0.133. The van der Waals surface area contributed by atoms with Crippen LogP contribution in [0.1, 0.15) is 22.8 Å². The highest BCUT2D eigenvalue weighted by atomic mass is 35.5. The van der Waals surface area contributed by atoms with E-state index in [0.29, 0.717) is 32.1 Å². The molecule has 0 radical (unpaired) electrons. The summed E-state index contributed by atoms with van der Waals surface area (Å²) in [5, 5.41) is 1.39. The SMILES string of the molecule is CC(=O)c1cc(Cl)ccc1Oc1c(C)cc(Cl)cc1Cl. The molecule has 20 heavy (non-hydrogen) atoms. The molecule has 2 aromatic carbocycles. The molecule has 0 aliphatic heterocycles. The highest BCUT2D eigenvalue weighted by Crippen LogP contribution is 2.37. The smallest absolute Gasteiger partial charge is 0.163 e. The van der Waals surface area contributed by atoms with Crippen LogP contribution in [-0.4, -0.2) is 5.78 Å². The number of halogens is 3. The van der Waals surface area contributed by atoms with Crippen LogP contribution in [0.4, 0.5) is 0 Å². The number of hydrogen-bond acceptors (Lipinski definition) is 2. The van der Waals surface area contributed by atoms with Crippen LogP contribution in [0.3, 0.4) is 0 Å². The Morgan fingerprint density at radius 3 is 2.35 bits per heavy atom. The van der Waals surface area contributed by atoms with Gasteiger partial charge in [0.05, 0.1) is 10.6 Å². The summed E-state index contributed by atoms with van der Waals surface area (Å²) in [6.45, 7) is 3.28. The van der Waals surface area contributed by atoms with Crippen LogP contribution in [0.2, 0.25) is 15.1 Å². The standard InChI is InChI=1S/C15H11Cl3O2/c1-8-5-11(17)7-13(18)15(8)20-14-4-3-10(16)6-12(14)9(2)19/h3-7H,1-2H3. The van der Waals surface area contributed by atoms with Crippen LogP contribution in [-0.2, 0) is 0 Å². The Morgan fingerprint density at radius 1 is 1.05 bits per heavy atom. The molecule has 0 fully saturated rings. The van der Waals surface area contributed by atoms with Crippen molar-refractivity contribution in [3.8, 4) is 11.5 Å². The third-order valence-corrected chi connectivity index (χ3v) is 3.46. The molecule has 0 atom stereocenters. The van der Waals surface area contributed by atoms with Gasteiger partial charge in [-0.05, 0) is 49.7 Å². The number of rotatable bonds is 3. The van der Waals surface area contributed by atoms with Crippen LogP contribution in [0, 0.1) is 6.92 Å². The molecule has 0 heterocycles. The monoisotopic (exact) mass is 328 g/mol. The summed E-state index contributed by atoms with van der Waals surface area (Å²) >= 11 is 17.9. The summed E-state index contributed by atoms with van der Waals surface area (Å²) in [6, 6.07) is 8.20. The summed E-state index contributed by atoms with van der Waals surface area (Å²) < 4.78 is 5.77. The van der Waals surface area contributed by atoms with E-state index in [0.717, 1.165) is 5.56 Å². The van der Waals surface area contributed by atoms with Gasteiger partial charge < -0.3 is 4.74 Å². The highest BCUT2D eigenvalue weighted by molar-refractivity contribution is 6.35. The van der Waals surface area contributed by atoms with Gasteiger partial charge in [0, 0.05) is 10.0 Å². The van der Waals surface area contributed by atoms with Crippen molar-refractivity contribution in [3.63, 3.8) is 0 Å². The average molecular weight is 330 g/mol. The summed E-state index contributed by atoms with van der Waals surface area (Å²) in [6.07, 6.45) is 0. The van der Waals surface area contributed by atoms with E-state index in [1.807, 2.05) is 6.92 Å². The fourth-order valence-electron chi connectivity index (χ4n) is 1.79. The van der Waals surface area contributed by atoms with Gasteiger partial charge in [-0.15, -0.1) is 0 Å². The molecule has 104 valence electrons. The minimum atomic E-state index is -0.134. The number of Topliss-reactive ketones (excluding diaryl/α,β-unsaturated/α-hetero) is 1. The number of ketones is 1. The zero-order valence-electron chi connectivity index (χ0n) is 10.8. The van der Waals surface area contributed by atoms with Gasteiger partial charge in [-0.1, -0.05) is 34.8 Å². The second-order valence-electron chi connectivity index (χ2n) is 4.33. The predicted octanol–water partition coefficient (Wildman–Crippen LogP) is 5.95. The second kappa shape index (κ2) is 6.04. The zero-order chi connectivity index (χ0) is 14.9. The number of hydrogen-bond donors (Lipinski definition) is 0. The Labute approximate surface area is 132 Å². The van der Waals surface area contributed by atoms with Gasteiger partial charge in [0.2, 0.25) is 0 Å². The molecule has 2 nitrogen and oxygen atoms in total. The van der Waals surface area contributed by atoms with Crippen LogP contribution in [0.15, 0.2) is 30.3 Å². The van der Waals surface area contributed by atoms with Crippen LogP contribution >= 0.6 is 34.8 Å². The molecule has 0 amide bonds. The molecule has 0 aliphatic carbocycles. The van der Waals surface area contributed by atoms with Crippen LogP contribution in [0.25, 0.3) is 0 Å². The van der Waals surface area contributed by atoms with E-state index in [9.17, 15) is 4.79 Å². The van der Waals surface area contributed by atoms with Crippen molar-refractivity contribution in [2.75, 3.05) is 0 Å². The molecule has 0 saturated heterocycles. The van der Waals surface area contributed by atoms with E-state index < -0.39 is 0 Å². The van der Waals surface area contributed by atoms with E-state index >= 15 is 0 Å². The van der Waals surface area contributed by atoms with Crippen molar-refractivity contribution in [2.45, 2.75) is 13.8 Å². The molecule has 0 saturated carbocycles. The Balaban J connectivity index is 2.48. The summed E-state index contributed by atoms with van der Waals surface area (Å²) in [5.41, 5.74) is 1.19. The molecular weight excluding hydrogens is 319 g/mol. The topological polar surface area (TPSA) is 26.3 Å². The molecule has 0 unspecified atom stereocenters. The molecule has 5 heteroatoms. The minimum Gasteiger partial charge on any atom is -0.455 e. The van der Waals surface area contributed by atoms with Gasteiger partial charge in [-0.2, -0.15) is 0 Å². The van der Waals surface area contributed by atoms with E-state index in [1.165, 1.54) is 6.92 Å². The normalized spacial score (nSPS) is 10.4. The van der Waals surface area contributed by atoms with Crippen molar-refractivity contribution in [2.24, 2.45) is 0 Å². The van der Waals surface area contributed by atoms with Crippen molar-refractivity contribution in [1.29, 1.82) is 0 Å². The summed E-state index contributed by atoms with van der Waals surface area (Å²) in [4.78, 5) is 11.6. The first-order valence-electron chi connectivity index (χ1n) is 5.82. The van der Waals surface area contributed by atoms with Gasteiger partial charge in [-0.3, -0.25) is 4.79 Å². The summed E-state index contributed by atoms with van der Waals surface area (Å²) in [7, 11) is 0. The van der Waals surface area contributed by atoms with E-state index in [1.54, 1.807) is 30.3 Å². The maximum Gasteiger partial charge on any atom is 0.163 e. The first kappa shape index (κ1) is 15.2. The lowest BCUT2D eigenvalue weighted by Gasteiger charge is -2.13. The van der Waals surface area contributed by atoms with Gasteiger partial charge in [0.15, 0.2) is 5.78 Å². The third kappa shape index (κ3) is 3.26. The Kier molecular flexibility index (Phi) is 4.59. The lowest BCUT2D eigenvalue weighted by Crippen LogP contribution is -1.98. The van der Waals surface area contributed by atoms with E-state index in [-0.39, 0.29) is 5.78 Å². The number of aryl methyl sites for hydroxylation is 1. The van der Waals surface area contributed by atoms with E-state index in [2.05, 4.69) is 0 Å². The number of benzene rings is 2. The van der Waals surface area contributed by atoms with Gasteiger partial charge in [-0.25, -0.2) is 0 Å². The Bertz CT molecular complexity index is 658. The maximum absolute atomic E-state index is 11.6. The van der Waals surface area contributed by atoms with Crippen LogP contribution < -0.4 is 4.74 Å². The van der Waals surface area contributed by atoms with Crippen molar-refractivity contribution < 1.29 is 9.53 Å². The largest absolute Gasteiger partial charge is 0.455 e. The molecule has 0 N–H and O–H groups in total. The molecule has 0 aromatic heterocycles. The van der Waals surface area contributed by atoms with Crippen molar-refractivity contribution in [3.05, 3.63) is 56.5 Å². The molecule has 2 rings (SSSR count). The second-order valence-corrected chi connectivity index (χ2v) is 5.61. The van der Waals surface area contributed by atoms with Gasteiger partial charge in [0.1, 0.15) is 11.5 Å². The fourth-order valence-corrected chi connectivity index (χ4v) is 2.60. The van der Waals surface area contributed by atoms with Gasteiger partial charge in [0.25, 0.3) is 0 Å². The predicted molar refractivity (Wildman–Crippen MR) is 82.7 cm³/mol. The van der Waals surface area contributed by atoms with Crippen molar-refractivity contribution >= 4 is 40.6 Å². The lowest BCUT2D eigenvalue weighted by molar-refractivity contribution is 0.101. The minimum absolute atomic E-state index is 0.134. The van der Waals surface area contributed by atoms with Gasteiger partial charge >= 0.3 is 0 Å². The number of carbonyl (C=O) groups excluding carboxylic acids is 1. The average Bonchev–Trinajstić information content (AvgIpc) is 2.34. The van der Waals surface area contributed by atoms with Crippen LogP contribution in [0.5, 0.6) is 11.5 Å². The third-order valence-electron chi connectivity index (χ3n) is 2.73. The molecule has 2 aromatic rings. The lowest BCUT2D eigenvalue weighted by atomic mass is 10.1. The Hall–Kier alpha value is -1.22. The highest BCUT2D eigenvalue weighted by Gasteiger charge is 2.14. The van der Waals surface area contributed by atoms with E-state index in [4.69, 9.17) is 39.5 Å². The number of ether oxygens (including phenoxy) is 1. The number of carbonyl (C=O) groups is 1. The molecule has 0 bridgehead atoms. The first-order chi connectivity index (χ1) is 9.38. The molecular formula is C15H11Cl3O2. The molecule has 0 spiro atoms. The summed E-state index contributed by atoms with van der Waals surface area (Å²) in [5.74, 6) is 0.750. The zero-order valence-corrected chi connectivity index (χ0v) is 13.1. The molecule has 0 aliphatic rings. The quantitative estimate of drug-likeness (QED) is 0.650. The Morgan fingerprint density at radius 2 is 1.75 bits per heavy atom. The maximum atomic E-state index is 11.6. The first-order valence-corrected chi connectivity index (χ1v) is 6.96.